The van der Waals surface area contributed by atoms with Gasteiger partial charge in [0.25, 0.3) is 0 Å². The number of nitrogens with zero attached hydrogens (tertiary/aromatic N) is 1. The highest BCUT2D eigenvalue weighted by Crippen LogP contribution is 2.28. The van der Waals surface area contributed by atoms with E-state index in [2.05, 4.69) is 25.7 Å². The van der Waals surface area contributed by atoms with Gasteiger partial charge in [-0.1, -0.05) is 6.07 Å². The third-order valence-electron chi connectivity index (χ3n) is 3.15. The van der Waals surface area contributed by atoms with E-state index in [-0.39, 0.29) is 12.1 Å². The van der Waals surface area contributed by atoms with Crippen molar-refractivity contribution < 1.29 is 14.3 Å². The van der Waals surface area contributed by atoms with Crippen LogP contribution in [-0.2, 0) is 14.3 Å². The van der Waals surface area contributed by atoms with Gasteiger partial charge in [0.05, 0.1) is 26.2 Å². The van der Waals surface area contributed by atoms with E-state index >= 15 is 0 Å². The van der Waals surface area contributed by atoms with E-state index in [0.717, 1.165) is 23.1 Å². The molecule has 1 fully saturated rings. The number of esters is 1. The first-order valence-corrected chi connectivity index (χ1v) is 6.79. The van der Waals surface area contributed by atoms with Crippen LogP contribution in [0, 0.1) is 0 Å². The Bertz CT molecular complexity index is 416. The largest absolute Gasteiger partial charge is 0.469 e. The molecule has 1 aromatic heterocycles. The Morgan fingerprint density at radius 1 is 1.56 bits per heavy atom. The van der Waals surface area contributed by atoms with Crippen molar-refractivity contribution in [3.05, 3.63) is 28.5 Å². The first-order valence-electron chi connectivity index (χ1n) is 6.00. The van der Waals surface area contributed by atoms with Crippen molar-refractivity contribution in [3.63, 3.8) is 0 Å². The van der Waals surface area contributed by atoms with Gasteiger partial charge in [-0.25, -0.2) is 4.98 Å². The fourth-order valence-corrected chi connectivity index (χ4v) is 2.48. The number of carbonyl (C=O) groups is 1. The molecular weight excluding hydrogens is 298 g/mol. The second-order valence-electron chi connectivity index (χ2n) is 4.40. The molecule has 5 heteroatoms. The van der Waals surface area contributed by atoms with E-state index in [1.807, 2.05) is 18.2 Å². The van der Waals surface area contributed by atoms with Gasteiger partial charge in [0.1, 0.15) is 4.60 Å². The molecule has 1 aliphatic rings. The lowest BCUT2D eigenvalue weighted by Crippen LogP contribution is -2.27. The highest BCUT2D eigenvalue weighted by Gasteiger charge is 2.25. The minimum absolute atomic E-state index is 0.0131. The van der Waals surface area contributed by atoms with E-state index in [0.29, 0.717) is 18.9 Å². The summed E-state index contributed by atoms with van der Waals surface area (Å²) in [5, 5.41) is 0. The van der Waals surface area contributed by atoms with E-state index in [1.54, 1.807) is 0 Å². The predicted octanol–water partition coefficient (Wildman–Crippen LogP) is 2.67. The molecule has 0 bridgehead atoms. The fraction of sp³-hybridized carbons (Fsp3) is 0.538. The molecule has 0 aromatic carbocycles. The number of hydrogen-bond acceptors (Lipinski definition) is 4. The lowest BCUT2D eigenvalue weighted by atomic mass is 9.94. The first-order chi connectivity index (χ1) is 8.69. The number of hydrogen-bond donors (Lipinski definition) is 0. The van der Waals surface area contributed by atoms with Gasteiger partial charge in [0, 0.05) is 11.6 Å². The molecule has 2 heterocycles. The van der Waals surface area contributed by atoms with Crippen LogP contribution in [0.1, 0.15) is 30.9 Å². The minimum Gasteiger partial charge on any atom is -0.469 e. The van der Waals surface area contributed by atoms with Crippen molar-refractivity contribution in [3.8, 4) is 0 Å². The number of rotatable bonds is 3. The number of aromatic nitrogens is 1. The summed E-state index contributed by atoms with van der Waals surface area (Å²) in [4.78, 5) is 15.6. The fourth-order valence-electron chi connectivity index (χ4n) is 2.12. The molecule has 0 N–H and O–H groups in total. The summed E-state index contributed by atoms with van der Waals surface area (Å²) < 4.78 is 11.2. The van der Waals surface area contributed by atoms with Crippen LogP contribution in [0.2, 0.25) is 0 Å². The zero-order chi connectivity index (χ0) is 13.0. The normalized spacial score (nSPS) is 23.7. The van der Waals surface area contributed by atoms with E-state index in [1.165, 1.54) is 7.11 Å². The van der Waals surface area contributed by atoms with Crippen LogP contribution in [0.5, 0.6) is 0 Å². The molecule has 2 unspecified atom stereocenters. The predicted molar refractivity (Wildman–Crippen MR) is 70.3 cm³/mol. The standard InChI is InChI=1S/C13H16BrNO3/c1-17-13(16)7-10-6-5-9(8-18-10)11-3-2-4-12(14)15-11/h2-4,9-10H,5-8H2,1H3. The average molecular weight is 314 g/mol. The Hall–Kier alpha value is -0.940. The third-order valence-corrected chi connectivity index (χ3v) is 3.59. The summed E-state index contributed by atoms with van der Waals surface area (Å²) in [6.45, 7) is 0.616. The molecule has 1 saturated heterocycles. The van der Waals surface area contributed by atoms with Crippen molar-refractivity contribution in [2.75, 3.05) is 13.7 Å². The Balaban J connectivity index is 1.88. The summed E-state index contributed by atoms with van der Waals surface area (Å²) in [5.41, 5.74) is 1.04. The van der Waals surface area contributed by atoms with Crippen molar-refractivity contribution in [1.29, 1.82) is 0 Å². The van der Waals surface area contributed by atoms with Gasteiger partial charge in [-0.15, -0.1) is 0 Å². The molecule has 2 rings (SSSR count). The number of methoxy groups -OCH3 is 1. The van der Waals surface area contributed by atoms with Crippen molar-refractivity contribution in [2.45, 2.75) is 31.3 Å². The van der Waals surface area contributed by atoms with Crippen LogP contribution in [0.15, 0.2) is 22.8 Å². The molecule has 0 radical (unpaired) electrons. The maximum Gasteiger partial charge on any atom is 0.308 e. The summed E-state index contributed by atoms with van der Waals surface area (Å²) in [7, 11) is 1.40. The quantitative estimate of drug-likeness (QED) is 0.636. The molecule has 1 aromatic rings. The van der Waals surface area contributed by atoms with Gasteiger partial charge in [0.15, 0.2) is 0 Å². The molecule has 0 saturated carbocycles. The highest BCUT2D eigenvalue weighted by molar-refractivity contribution is 9.10. The number of carbonyl (C=O) groups excluding carboxylic acids is 1. The van der Waals surface area contributed by atoms with Crippen LogP contribution >= 0.6 is 15.9 Å². The second kappa shape index (κ2) is 6.29. The molecule has 0 spiro atoms. The SMILES string of the molecule is COC(=O)CC1CCC(c2cccc(Br)n2)CO1. The Morgan fingerprint density at radius 3 is 3.00 bits per heavy atom. The number of pyridine rings is 1. The third kappa shape index (κ3) is 3.53. The van der Waals surface area contributed by atoms with E-state index < -0.39 is 0 Å². The summed E-state index contributed by atoms with van der Waals surface area (Å²) in [6.07, 6.45) is 2.19. The maximum atomic E-state index is 11.2. The van der Waals surface area contributed by atoms with Crippen LogP contribution in [0.25, 0.3) is 0 Å². The topological polar surface area (TPSA) is 48.4 Å². The first kappa shape index (κ1) is 13.5. The summed E-state index contributed by atoms with van der Waals surface area (Å²) in [5.74, 6) is 0.107. The van der Waals surface area contributed by atoms with Gasteiger partial charge < -0.3 is 9.47 Å². The second-order valence-corrected chi connectivity index (χ2v) is 5.21. The van der Waals surface area contributed by atoms with Crippen LogP contribution in [0.3, 0.4) is 0 Å². The number of ether oxygens (including phenoxy) is 2. The highest BCUT2D eigenvalue weighted by atomic mass is 79.9. The Labute approximate surface area is 115 Å². The lowest BCUT2D eigenvalue weighted by Gasteiger charge is -2.28. The average Bonchev–Trinajstić information content (AvgIpc) is 2.39. The molecular formula is C13H16BrNO3. The van der Waals surface area contributed by atoms with Gasteiger partial charge in [-0.2, -0.15) is 0 Å². The summed E-state index contributed by atoms with van der Waals surface area (Å²) >= 11 is 3.37. The van der Waals surface area contributed by atoms with Gasteiger partial charge in [-0.05, 0) is 40.9 Å². The van der Waals surface area contributed by atoms with Gasteiger partial charge >= 0.3 is 5.97 Å². The minimum atomic E-state index is -0.209. The van der Waals surface area contributed by atoms with Gasteiger partial charge in [-0.3, -0.25) is 4.79 Å². The van der Waals surface area contributed by atoms with Crippen LogP contribution in [0.4, 0.5) is 0 Å². The van der Waals surface area contributed by atoms with Crippen LogP contribution in [-0.4, -0.2) is 30.8 Å². The molecule has 0 amide bonds. The number of halogens is 1. The molecule has 0 aliphatic carbocycles. The zero-order valence-corrected chi connectivity index (χ0v) is 11.9. The van der Waals surface area contributed by atoms with E-state index in [9.17, 15) is 4.79 Å². The molecule has 18 heavy (non-hydrogen) atoms. The monoisotopic (exact) mass is 313 g/mol. The van der Waals surface area contributed by atoms with Crippen molar-refractivity contribution in [2.24, 2.45) is 0 Å². The zero-order valence-electron chi connectivity index (χ0n) is 10.3. The Morgan fingerprint density at radius 2 is 2.39 bits per heavy atom. The molecule has 1 aliphatic heterocycles. The summed E-state index contributed by atoms with van der Waals surface area (Å²) in [6, 6.07) is 5.90. The molecule has 98 valence electrons. The smallest absolute Gasteiger partial charge is 0.308 e. The van der Waals surface area contributed by atoms with Gasteiger partial charge in [0.2, 0.25) is 0 Å². The van der Waals surface area contributed by atoms with Crippen LogP contribution < -0.4 is 0 Å². The van der Waals surface area contributed by atoms with E-state index in [4.69, 9.17) is 4.74 Å². The molecule has 4 nitrogen and oxygen atoms in total. The van der Waals surface area contributed by atoms with Crippen molar-refractivity contribution in [1.82, 2.24) is 4.98 Å². The van der Waals surface area contributed by atoms with Crippen molar-refractivity contribution >= 4 is 21.9 Å². The Kier molecular flexibility index (Phi) is 4.72. The maximum absolute atomic E-state index is 11.2. The molecule has 2 atom stereocenters. The lowest BCUT2D eigenvalue weighted by molar-refractivity contribution is -0.144.